The quantitative estimate of drug-likeness (QED) is 0.344. The van der Waals surface area contributed by atoms with Gasteiger partial charge in [0.1, 0.15) is 18.9 Å². The molecule has 198 valence electrons. The van der Waals surface area contributed by atoms with Crippen molar-refractivity contribution in [1.82, 2.24) is 9.80 Å². The molecular weight excluding hydrogens is 500 g/mol. The average Bonchev–Trinajstić information content (AvgIpc) is 3.60. The van der Waals surface area contributed by atoms with E-state index in [2.05, 4.69) is 44.0 Å². The summed E-state index contributed by atoms with van der Waals surface area (Å²) in [7, 11) is 0. The first-order chi connectivity index (χ1) is 18.4. The van der Waals surface area contributed by atoms with Gasteiger partial charge in [-0.3, -0.25) is 9.59 Å². The van der Waals surface area contributed by atoms with Crippen LogP contribution in [-0.2, 0) is 11.2 Å². The lowest BCUT2D eigenvalue weighted by molar-refractivity contribution is -0.135. The van der Waals surface area contributed by atoms with Crippen molar-refractivity contribution in [2.75, 3.05) is 33.0 Å². The molecule has 8 heteroatoms. The van der Waals surface area contributed by atoms with Gasteiger partial charge in [0.05, 0.1) is 6.04 Å². The second-order valence-corrected chi connectivity index (χ2v) is 10.7. The summed E-state index contributed by atoms with van der Waals surface area (Å²) in [6.07, 6.45) is 2.42. The van der Waals surface area contributed by atoms with E-state index in [-0.39, 0.29) is 37.7 Å². The molecule has 3 aromatic rings. The zero-order valence-corrected chi connectivity index (χ0v) is 22.5. The maximum absolute atomic E-state index is 13.7. The molecule has 0 spiro atoms. The second kappa shape index (κ2) is 11.3. The standard InChI is InChI=1S/C30H32N2O5S/c1-4-13-31(30(34)22-7-10-26-27(16-22)37-19-36-26)17-29(33)32-14-11-28-24(12-15-38-28)25(32)18-35-23-8-5-21(6-9-23)20(2)3/h4-10,12,15-16,20,25H,1,11,13-14,17-19H2,2-3H3. The van der Waals surface area contributed by atoms with Crippen molar-refractivity contribution in [2.45, 2.75) is 32.2 Å². The summed E-state index contributed by atoms with van der Waals surface area (Å²) < 4.78 is 17.0. The zero-order valence-electron chi connectivity index (χ0n) is 21.7. The number of hydrogen-bond acceptors (Lipinski definition) is 6. The second-order valence-electron chi connectivity index (χ2n) is 9.73. The smallest absolute Gasteiger partial charge is 0.254 e. The number of amides is 2. The Morgan fingerprint density at radius 1 is 1.16 bits per heavy atom. The largest absolute Gasteiger partial charge is 0.491 e. The molecule has 5 rings (SSSR count). The van der Waals surface area contributed by atoms with Crippen LogP contribution < -0.4 is 14.2 Å². The number of fused-ring (bicyclic) bond motifs is 2. The van der Waals surface area contributed by atoms with E-state index in [1.54, 1.807) is 35.6 Å². The molecule has 0 saturated carbocycles. The minimum absolute atomic E-state index is 0.0572. The first-order valence-corrected chi connectivity index (χ1v) is 13.7. The minimum Gasteiger partial charge on any atom is -0.491 e. The molecule has 0 bridgehead atoms. The molecule has 2 aliphatic heterocycles. The lowest BCUT2D eigenvalue weighted by atomic mass is 10.00. The van der Waals surface area contributed by atoms with Gasteiger partial charge in [0.2, 0.25) is 12.7 Å². The van der Waals surface area contributed by atoms with Crippen LogP contribution >= 0.6 is 11.3 Å². The van der Waals surface area contributed by atoms with Crippen LogP contribution in [-0.4, -0.2) is 54.6 Å². The van der Waals surface area contributed by atoms with Crippen molar-refractivity contribution in [2.24, 2.45) is 0 Å². The number of ether oxygens (including phenoxy) is 3. The number of hydrogen-bond donors (Lipinski definition) is 0. The molecule has 2 aromatic carbocycles. The van der Waals surface area contributed by atoms with Gasteiger partial charge in [-0.05, 0) is 65.2 Å². The molecule has 1 atom stereocenters. The number of carbonyl (C=O) groups is 2. The summed E-state index contributed by atoms with van der Waals surface area (Å²) in [5.74, 6) is 1.97. The highest BCUT2D eigenvalue weighted by atomic mass is 32.1. The number of rotatable bonds is 9. The Morgan fingerprint density at radius 2 is 1.95 bits per heavy atom. The zero-order chi connectivity index (χ0) is 26.6. The topological polar surface area (TPSA) is 68.3 Å². The molecule has 7 nitrogen and oxygen atoms in total. The molecule has 2 aliphatic rings. The van der Waals surface area contributed by atoms with E-state index in [4.69, 9.17) is 14.2 Å². The Hall–Kier alpha value is -3.78. The molecule has 1 aromatic heterocycles. The fourth-order valence-corrected chi connectivity index (χ4v) is 5.77. The van der Waals surface area contributed by atoms with Crippen molar-refractivity contribution in [3.63, 3.8) is 0 Å². The van der Waals surface area contributed by atoms with Crippen LogP contribution in [0, 0.1) is 0 Å². The predicted octanol–water partition coefficient (Wildman–Crippen LogP) is 5.43. The molecule has 0 fully saturated rings. The summed E-state index contributed by atoms with van der Waals surface area (Å²) in [4.78, 5) is 31.7. The molecule has 1 unspecified atom stereocenters. The van der Waals surface area contributed by atoms with Crippen molar-refractivity contribution < 1.29 is 23.8 Å². The van der Waals surface area contributed by atoms with Gasteiger partial charge in [-0.15, -0.1) is 17.9 Å². The first kappa shape index (κ1) is 25.9. The van der Waals surface area contributed by atoms with Gasteiger partial charge in [0.15, 0.2) is 11.5 Å². The first-order valence-electron chi connectivity index (χ1n) is 12.8. The van der Waals surface area contributed by atoms with Gasteiger partial charge < -0.3 is 24.0 Å². The van der Waals surface area contributed by atoms with E-state index in [1.807, 2.05) is 17.0 Å². The van der Waals surface area contributed by atoms with Crippen LogP contribution in [0.5, 0.6) is 17.2 Å². The summed E-state index contributed by atoms with van der Waals surface area (Å²) in [5, 5.41) is 2.07. The average molecular weight is 533 g/mol. The maximum Gasteiger partial charge on any atom is 0.254 e. The Kier molecular flexibility index (Phi) is 7.69. The van der Waals surface area contributed by atoms with E-state index in [0.717, 1.165) is 17.7 Å². The molecule has 0 saturated heterocycles. The third-order valence-electron chi connectivity index (χ3n) is 6.95. The van der Waals surface area contributed by atoms with Crippen LogP contribution in [0.25, 0.3) is 0 Å². The van der Waals surface area contributed by atoms with Crippen molar-refractivity contribution in [3.8, 4) is 17.2 Å². The maximum atomic E-state index is 13.7. The van der Waals surface area contributed by atoms with Gasteiger partial charge in [0, 0.05) is 23.5 Å². The predicted molar refractivity (Wildman–Crippen MR) is 147 cm³/mol. The SMILES string of the molecule is C=CCN(CC(=O)N1CCc2sccc2C1COc1ccc(C(C)C)cc1)C(=O)c1ccc2c(c1)OCO2. The Labute approximate surface area is 227 Å². The van der Waals surface area contributed by atoms with E-state index in [0.29, 0.717) is 36.1 Å². The Balaban J connectivity index is 1.32. The molecule has 3 heterocycles. The van der Waals surface area contributed by atoms with Crippen LogP contribution in [0.4, 0.5) is 0 Å². The molecule has 0 radical (unpaired) electrons. The van der Waals surface area contributed by atoms with Crippen LogP contribution in [0.2, 0.25) is 0 Å². The van der Waals surface area contributed by atoms with Crippen LogP contribution in [0.15, 0.2) is 66.6 Å². The van der Waals surface area contributed by atoms with Crippen molar-refractivity contribution in [3.05, 3.63) is 88.1 Å². The van der Waals surface area contributed by atoms with Gasteiger partial charge in [0.25, 0.3) is 5.91 Å². The molecule has 0 aliphatic carbocycles. The highest BCUT2D eigenvalue weighted by Gasteiger charge is 2.33. The van der Waals surface area contributed by atoms with E-state index < -0.39 is 0 Å². The number of nitrogens with zero attached hydrogens (tertiary/aromatic N) is 2. The monoisotopic (exact) mass is 532 g/mol. The van der Waals surface area contributed by atoms with Gasteiger partial charge in [-0.1, -0.05) is 32.1 Å². The van der Waals surface area contributed by atoms with E-state index in [9.17, 15) is 9.59 Å². The summed E-state index contributed by atoms with van der Waals surface area (Å²) >= 11 is 1.71. The van der Waals surface area contributed by atoms with Gasteiger partial charge in [-0.25, -0.2) is 0 Å². The van der Waals surface area contributed by atoms with Gasteiger partial charge in [-0.2, -0.15) is 0 Å². The van der Waals surface area contributed by atoms with Crippen LogP contribution in [0.1, 0.15) is 52.2 Å². The molecule has 2 amide bonds. The fourth-order valence-electron chi connectivity index (χ4n) is 4.84. The normalized spacial score (nSPS) is 15.8. The third-order valence-corrected chi connectivity index (χ3v) is 7.95. The minimum atomic E-state index is -0.261. The summed E-state index contributed by atoms with van der Waals surface area (Å²) in [6, 6.07) is 15.0. The number of benzene rings is 2. The highest BCUT2D eigenvalue weighted by molar-refractivity contribution is 7.10. The molecular formula is C30H32N2O5S. The summed E-state index contributed by atoms with van der Waals surface area (Å²) in [5.41, 5.74) is 2.81. The third kappa shape index (κ3) is 5.41. The van der Waals surface area contributed by atoms with E-state index in [1.165, 1.54) is 15.3 Å². The fraction of sp³-hybridized carbons (Fsp3) is 0.333. The van der Waals surface area contributed by atoms with Crippen molar-refractivity contribution in [1.29, 1.82) is 0 Å². The summed E-state index contributed by atoms with van der Waals surface area (Å²) in [6.45, 7) is 9.35. The lowest BCUT2D eigenvalue weighted by Gasteiger charge is -2.37. The number of thiophene rings is 1. The lowest BCUT2D eigenvalue weighted by Crippen LogP contribution is -2.47. The number of carbonyl (C=O) groups excluding carboxylic acids is 2. The Morgan fingerprint density at radius 3 is 2.71 bits per heavy atom. The van der Waals surface area contributed by atoms with Crippen molar-refractivity contribution >= 4 is 23.2 Å². The highest BCUT2D eigenvalue weighted by Crippen LogP contribution is 2.35. The van der Waals surface area contributed by atoms with Crippen LogP contribution in [0.3, 0.4) is 0 Å². The molecule has 38 heavy (non-hydrogen) atoms. The van der Waals surface area contributed by atoms with E-state index >= 15 is 0 Å². The Bertz CT molecular complexity index is 1320. The molecule has 0 N–H and O–H groups in total. The van der Waals surface area contributed by atoms with Gasteiger partial charge >= 0.3 is 0 Å².